The molecular weight excluding hydrogens is 382 g/mol. The summed E-state index contributed by atoms with van der Waals surface area (Å²) in [6.45, 7) is 12.8. The molecule has 0 aliphatic carbocycles. The highest BCUT2D eigenvalue weighted by Gasteiger charge is 2.22. The molecule has 0 radical (unpaired) electrons. The number of thioether (sulfide) groups is 1. The molecule has 0 bridgehead atoms. The van der Waals surface area contributed by atoms with E-state index in [1.165, 1.54) is 23.1 Å². The van der Waals surface area contributed by atoms with Crippen molar-refractivity contribution < 1.29 is 9.53 Å². The number of rotatable bonds is 8. The molecule has 1 amide bonds. The molecule has 2 rings (SSSR count). The van der Waals surface area contributed by atoms with Crippen molar-refractivity contribution in [2.75, 3.05) is 19.5 Å². The number of aromatic nitrogens is 2. The zero-order chi connectivity index (χ0) is 20.3. The number of aryl methyl sites for hydroxylation is 2. The van der Waals surface area contributed by atoms with Crippen LogP contribution in [-0.2, 0) is 16.1 Å². The van der Waals surface area contributed by atoms with Gasteiger partial charge in [0.05, 0.1) is 24.3 Å². The maximum absolute atomic E-state index is 13.0. The van der Waals surface area contributed by atoms with Gasteiger partial charge in [0, 0.05) is 24.1 Å². The molecule has 0 aliphatic heterocycles. The highest BCUT2D eigenvalue weighted by atomic mass is 32.2. The molecular formula is C19H29N3O3S2. The predicted molar refractivity (Wildman–Crippen MR) is 113 cm³/mol. The van der Waals surface area contributed by atoms with Crippen LogP contribution in [0.3, 0.4) is 0 Å². The molecule has 0 aliphatic rings. The van der Waals surface area contributed by atoms with E-state index in [1.807, 2.05) is 46.4 Å². The number of amides is 1. The van der Waals surface area contributed by atoms with Crippen LogP contribution in [0.5, 0.6) is 0 Å². The Morgan fingerprint density at radius 3 is 2.44 bits per heavy atom. The first-order chi connectivity index (χ1) is 12.7. The lowest BCUT2D eigenvalue weighted by Gasteiger charge is -2.30. The van der Waals surface area contributed by atoms with Gasteiger partial charge in [0.15, 0.2) is 5.16 Å². The minimum atomic E-state index is -0.0570. The third-order valence-corrected chi connectivity index (χ3v) is 6.56. The van der Waals surface area contributed by atoms with Crippen molar-refractivity contribution in [2.45, 2.75) is 65.3 Å². The molecule has 0 atom stereocenters. The Morgan fingerprint density at radius 2 is 1.89 bits per heavy atom. The van der Waals surface area contributed by atoms with Gasteiger partial charge in [-0.05, 0) is 47.1 Å². The third kappa shape index (κ3) is 4.73. The number of fused-ring (bicyclic) bond motifs is 1. The quantitative estimate of drug-likeness (QED) is 0.492. The highest BCUT2D eigenvalue weighted by molar-refractivity contribution is 7.99. The molecule has 0 aromatic carbocycles. The Balaban J connectivity index is 2.39. The minimum absolute atomic E-state index is 0.0520. The Bertz CT molecular complexity index is 863. The van der Waals surface area contributed by atoms with Crippen LogP contribution in [0.15, 0.2) is 9.95 Å². The fourth-order valence-electron chi connectivity index (χ4n) is 3.17. The molecule has 8 heteroatoms. The number of carbonyl (C=O) groups excluding carboxylic acids is 1. The zero-order valence-electron chi connectivity index (χ0n) is 17.2. The number of ether oxygens (including phenoxy) is 1. The summed E-state index contributed by atoms with van der Waals surface area (Å²) in [5, 5.41) is 1.25. The average Bonchev–Trinajstić information content (AvgIpc) is 2.86. The summed E-state index contributed by atoms with van der Waals surface area (Å²) in [4.78, 5) is 34.2. The van der Waals surface area contributed by atoms with Crippen molar-refractivity contribution in [3.8, 4) is 0 Å². The molecule has 0 saturated heterocycles. The van der Waals surface area contributed by atoms with Crippen LogP contribution in [-0.4, -0.2) is 51.9 Å². The lowest BCUT2D eigenvalue weighted by Crippen LogP contribution is -2.43. The summed E-state index contributed by atoms with van der Waals surface area (Å²) >= 11 is 2.85. The molecule has 2 heterocycles. The first kappa shape index (κ1) is 21.9. The van der Waals surface area contributed by atoms with E-state index in [9.17, 15) is 9.59 Å². The van der Waals surface area contributed by atoms with E-state index in [4.69, 9.17) is 9.72 Å². The smallest absolute Gasteiger partial charge is 0.263 e. The van der Waals surface area contributed by atoms with E-state index < -0.39 is 0 Å². The van der Waals surface area contributed by atoms with Crippen LogP contribution in [0.2, 0.25) is 0 Å². The van der Waals surface area contributed by atoms with Gasteiger partial charge in [-0.15, -0.1) is 11.3 Å². The second-order valence-electron chi connectivity index (χ2n) is 7.08. The van der Waals surface area contributed by atoms with E-state index in [0.29, 0.717) is 23.7 Å². The standard InChI is InChI=1S/C19H29N3O3S2/c1-11(2)22(12(3)4)15(23)10-26-19-20-17-16(13(5)14(6)27-17)18(24)21(19)8-9-25-7/h11-12H,8-10H2,1-7H3. The van der Waals surface area contributed by atoms with Gasteiger partial charge in [-0.25, -0.2) is 4.98 Å². The molecule has 150 valence electrons. The van der Waals surface area contributed by atoms with E-state index >= 15 is 0 Å². The molecule has 0 unspecified atom stereocenters. The second-order valence-corrected chi connectivity index (χ2v) is 9.23. The van der Waals surface area contributed by atoms with E-state index in [2.05, 4.69) is 0 Å². The number of hydrogen-bond acceptors (Lipinski definition) is 6. The summed E-state index contributed by atoms with van der Waals surface area (Å²) in [7, 11) is 1.61. The van der Waals surface area contributed by atoms with Gasteiger partial charge < -0.3 is 9.64 Å². The van der Waals surface area contributed by atoms with Gasteiger partial charge in [0.2, 0.25) is 5.91 Å². The fraction of sp³-hybridized carbons (Fsp3) is 0.632. The largest absolute Gasteiger partial charge is 0.383 e. The molecule has 0 spiro atoms. The first-order valence-corrected chi connectivity index (χ1v) is 10.9. The topological polar surface area (TPSA) is 64.4 Å². The van der Waals surface area contributed by atoms with Crippen molar-refractivity contribution in [3.05, 3.63) is 20.8 Å². The summed E-state index contributed by atoms with van der Waals surface area (Å²) in [5.41, 5.74) is 0.926. The normalized spacial score (nSPS) is 11.7. The van der Waals surface area contributed by atoms with Gasteiger partial charge in [0.25, 0.3) is 5.56 Å². The number of thiophene rings is 1. The van der Waals surface area contributed by atoms with Crippen LogP contribution in [0.25, 0.3) is 10.2 Å². The fourth-order valence-corrected chi connectivity index (χ4v) is 5.14. The van der Waals surface area contributed by atoms with E-state index in [1.54, 1.807) is 11.7 Å². The molecule has 27 heavy (non-hydrogen) atoms. The lowest BCUT2D eigenvalue weighted by molar-refractivity contribution is -0.131. The zero-order valence-corrected chi connectivity index (χ0v) is 18.8. The predicted octanol–water partition coefficient (Wildman–Crippen LogP) is 3.46. The van der Waals surface area contributed by atoms with E-state index in [-0.39, 0.29) is 29.3 Å². The van der Waals surface area contributed by atoms with Crippen LogP contribution in [0.1, 0.15) is 38.1 Å². The van der Waals surface area contributed by atoms with Crippen molar-refractivity contribution >= 4 is 39.2 Å². The summed E-state index contributed by atoms with van der Waals surface area (Å²) in [6.07, 6.45) is 0. The monoisotopic (exact) mass is 411 g/mol. The van der Waals surface area contributed by atoms with Crippen LogP contribution < -0.4 is 5.56 Å². The Kier molecular flexibility index (Phi) is 7.47. The molecule has 0 saturated carbocycles. The first-order valence-electron chi connectivity index (χ1n) is 9.12. The van der Waals surface area contributed by atoms with Crippen molar-refractivity contribution in [1.29, 1.82) is 0 Å². The summed E-state index contributed by atoms with van der Waals surface area (Å²) in [5.74, 6) is 0.307. The molecule has 2 aromatic heterocycles. The van der Waals surface area contributed by atoms with Crippen LogP contribution in [0, 0.1) is 13.8 Å². The number of nitrogens with zero attached hydrogens (tertiary/aromatic N) is 3. The maximum atomic E-state index is 13.0. The Labute approximate surface area is 168 Å². The van der Waals surface area contributed by atoms with Crippen LogP contribution in [0.4, 0.5) is 0 Å². The van der Waals surface area contributed by atoms with Crippen molar-refractivity contribution in [1.82, 2.24) is 14.5 Å². The van der Waals surface area contributed by atoms with Gasteiger partial charge in [-0.3, -0.25) is 14.2 Å². The third-order valence-electron chi connectivity index (χ3n) is 4.50. The molecule has 2 aromatic rings. The van der Waals surface area contributed by atoms with Gasteiger partial charge in [-0.1, -0.05) is 11.8 Å². The van der Waals surface area contributed by atoms with Crippen LogP contribution >= 0.6 is 23.1 Å². The van der Waals surface area contributed by atoms with Gasteiger partial charge in [-0.2, -0.15) is 0 Å². The summed E-state index contributed by atoms with van der Waals surface area (Å²) in [6, 6.07) is 0.263. The van der Waals surface area contributed by atoms with Gasteiger partial charge >= 0.3 is 0 Å². The van der Waals surface area contributed by atoms with Gasteiger partial charge in [0.1, 0.15) is 4.83 Å². The molecule has 0 N–H and O–H groups in total. The maximum Gasteiger partial charge on any atom is 0.263 e. The number of methoxy groups -OCH3 is 1. The molecule has 0 fully saturated rings. The molecule has 6 nitrogen and oxygen atoms in total. The Hall–Kier alpha value is -1.38. The lowest BCUT2D eigenvalue weighted by atomic mass is 10.2. The number of carbonyl (C=O) groups is 1. The van der Waals surface area contributed by atoms with Crippen molar-refractivity contribution in [2.24, 2.45) is 0 Å². The minimum Gasteiger partial charge on any atom is -0.383 e. The highest BCUT2D eigenvalue weighted by Crippen LogP contribution is 2.28. The second kappa shape index (κ2) is 9.21. The van der Waals surface area contributed by atoms with E-state index in [0.717, 1.165) is 15.3 Å². The Morgan fingerprint density at radius 1 is 1.26 bits per heavy atom. The average molecular weight is 412 g/mol. The van der Waals surface area contributed by atoms with Crippen molar-refractivity contribution in [3.63, 3.8) is 0 Å². The SMILES string of the molecule is COCCn1c(SCC(=O)N(C(C)C)C(C)C)nc2sc(C)c(C)c2c1=O. The summed E-state index contributed by atoms with van der Waals surface area (Å²) < 4.78 is 6.80. The number of hydrogen-bond donors (Lipinski definition) is 0.